The molecule has 0 saturated carbocycles. The van der Waals surface area contributed by atoms with E-state index in [9.17, 15) is 14.4 Å². The fourth-order valence-corrected chi connectivity index (χ4v) is 4.59. The van der Waals surface area contributed by atoms with Crippen LogP contribution in [0.15, 0.2) is 41.2 Å². The zero-order chi connectivity index (χ0) is 24.0. The number of para-hydroxylation sites is 1. The lowest BCUT2D eigenvalue weighted by Crippen LogP contribution is -2.46. The van der Waals surface area contributed by atoms with Gasteiger partial charge in [-0.15, -0.1) is 0 Å². The molecular weight excluding hydrogens is 436 g/mol. The second-order valence-corrected chi connectivity index (χ2v) is 9.18. The second kappa shape index (κ2) is 10.8. The fourth-order valence-electron chi connectivity index (χ4n) is 4.59. The van der Waals surface area contributed by atoms with Crippen LogP contribution >= 0.6 is 0 Å². The number of piperidine rings is 1. The third-order valence-electron chi connectivity index (χ3n) is 6.82. The highest BCUT2D eigenvalue weighted by molar-refractivity contribution is 5.96. The van der Waals surface area contributed by atoms with Gasteiger partial charge in [0.25, 0.3) is 17.4 Å². The lowest BCUT2D eigenvalue weighted by atomic mass is 9.75. The molecule has 2 aliphatic rings. The number of likely N-dealkylation sites (tertiary alicyclic amines) is 1. The maximum Gasteiger partial charge on any atom is 0.274 e. The third kappa shape index (κ3) is 5.64. The van der Waals surface area contributed by atoms with Gasteiger partial charge in [-0.3, -0.25) is 14.4 Å². The fraction of sp³-hybridized carbons (Fsp3) is 0.520. The Morgan fingerprint density at radius 2 is 1.79 bits per heavy atom. The van der Waals surface area contributed by atoms with Crippen LogP contribution in [-0.2, 0) is 4.74 Å². The molecule has 1 aromatic heterocycles. The number of aromatic amines is 1. The molecule has 9 nitrogen and oxygen atoms in total. The number of carbonyl (C=O) groups excluding carboxylic acids is 2. The molecule has 0 aliphatic carbocycles. The Hall–Kier alpha value is -3.20. The summed E-state index contributed by atoms with van der Waals surface area (Å²) in [6.45, 7) is 3.36. The highest BCUT2D eigenvalue weighted by Gasteiger charge is 2.37. The molecule has 0 atom stereocenters. The van der Waals surface area contributed by atoms with Gasteiger partial charge in [-0.2, -0.15) is 5.10 Å². The maximum absolute atomic E-state index is 13.0. The van der Waals surface area contributed by atoms with Crippen LogP contribution in [0.3, 0.4) is 0 Å². The van der Waals surface area contributed by atoms with E-state index in [1.807, 2.05) is 18.2 Å². The van der Waals surface area contributed by atoms with Crippen molar-refractivity contribution in [2.24, 2.45) is 5.41 Å². The van der Waals surface area contributed by atoms with E-state index in [-0.39, 0.29) is 28.5 Å². The first kappa shape index (κ1) is 23.9. The number of nitrogens with one attached hydrogen (secondary N) is 1. The van der Waals surface area contributed by atoms with Crippen LogP contribution in [0.25, 0.3) is 0 Å². The minimum atomic E-state index is -0.333. The van der Waals surface area contributed by atoms with Gasteiger partial charge in [-0.25, -0.2) is 5.10 Å². The molecule has 2 amide bonds. The molecule has 0 bridgehead atoms. The number of amides is 2. The van der Waals surface area contributed by atoms with E-state index in [4.69, 9.17) is 9.47 Å². The Morgan fingerprint density at radius 1 is 1.00 bits per heavy atom. The Morgan fingerprint density at radius 3 is 2.56 bits per heavy atom. The summed E-state index contributed by atoms with van der Waals surface area (Å²) < 4.78 is 12.1. The standard InChI is InChI=1S/C25H32N4O5/c1-28-15-17-33-16-5-4-10-25(18-34-21-7-3-2-6-19(21)23(28)31)11-13-29(14-12-25)24(32)20-8-9-22(30)27-26-20/h2-3,6-9H,4-5,10-18H2,1H3,(H,27,30). The number of likely N-dealkylation sites (N-methyl/N-ethyl adjacent to an activating group) is 1. The minimum Gasteiger partial charge on any atom is -0.492 e. The quantitative estimate of drug-likeness (QED) is 0.689. The van der Waals surface area contributed by atoms with Crippen LogP contribution in [0, 0.1) is 5.41 Å². The number of aromatic nitrogens is 2. The zero-order valence-corrected chi connectivity index (χ0v) is 19.6. The molecule has 1 saturated heterocycles. The van der Waals surface area contributed by atoms with Gasteiger partial charge in [0.1, 0.15) is 11.4 Å². The highest BCUT2D eigenvalue weighted by Crippen LogP contribution is 2.38. The molecule has 2 aromatic rings. The Kier molecular flexibility index (Phi) is 7.62. The normalized spacial score (nSPS) is 19.7. The number of benzene rings is 1. The largest absolute Gasteiger partial charge is 0.492 e. The Labute approximate surface area is 199 Å². The zero-order valence-electron chi connectivity index (χ0n) is 19.6. The van der Waals surface area contributed by atoms with E-state index in [1.165, 1.54) is 12.1 Å². The van der Waals surface area contributed by atoms with Crippen molar-refractivity contribution in [3.63, 3.8) is 0 Å². The van der Waals surface area contributed by atoms with E-state index in [0.717, 1.165) is 32.1 Å². The van der Waals surface area contributed by atoms with Crippen LogP contribution in [0.1, 0.15) is 53.0 Å². The highest BCUT2D eigenvalue weighted by atomic mass is 16.5. The van der Waals surface area contributed by atoms with Crippen molar-refractivity contribution >= 4 is 11.8 Å². The van der Waals surface area contributed by atoms with Crippen LogP contribution in [0.5, 0.6) is 5.75 Å². The summed E-state index contributed by atoms with van der Waals surface area (Å²) in [5, 5.41) is 6.20. The van der Waals surface area contributed by atoms with Gasteiger partial charge in [0, 0.05) is 44.8 Å². The van der Waals surface area contributed by atoms with Crippen molar-refractivity contribution < 1.29 is 19.1 Å². The molecule has 2 aliphatic heterocycles. The van der Waals surface area contributed by atoms with Gasteiger partial charge in [-0.1, -0.05) is 18.6 Å². The van der Waals surface area contributed by atoms with Crippen molar-refractivity contribution in [2.75, 3.05) is 46.5 Å². The van der Waals surface area contributed by atoms with Crippen LogP contribution in [0.4, 0.5) is 0 Å². The number of H-pyrrole nitrogens is 1. The summed E-state index contributed by atoms with van der Waals surface area (Å²) in [4.78, 5) is 40.5. The molecule has 4 rings (SSSR count). The number of carbonyl (C=O) groups is 2. The summed E-state index contributed by atoms with van der Waals surface area (Å²) in [6.07, 6.45) is 4.50. The van der Waals surface area contributed by atoms with Crippen molar-refractivity contribution in [3.05, 3.63) is 58.0 Å². The molecule has 34 heavy (non-hydrogen) atoms. The van der Waals surface area contributed by atoms with Crippen LogP contribution < -0.4 is 10.3 Å². The summed E-state index contributed by atoms with van der Waals surface area (Å²) in [6, 6.07) is 10.1. The topological polar surface area (TPSA) is 105 Å². The summed E-state index contributed by atoms with van der Waals surface area (Å²) in [7, 11) is 1.78. The van der Waals surface area contributed by atoms with E-state index < -0.39 is 0 Å². The van der Waals surface area contributed by atoms with Gasteiger partial charge in [0.2, 0.25) is 0 Å². The first-order valence-electron chi connectivity index (χ1n) is 11.9. The predicted octanol–water partition coefficient (Wildman–Crippen LogP) is 2.34. The monoisotopic (exact) mass is 468 g/mol. The summed E-state index contributed by atoms with van der Waals surface area (Å²) >= 11 is 0. The molecular formula is C25H32N4O5. The molecule has 182 valence electrons. The summed E-state index contributed by atoms with van der Waals surface area (Å²) in [5.41, 5.74) is 0.363. The Balaban J connectivity index is 1.49. The molecule has 1 fully saturated rings. The first-order valence-corrected chi connectivity index (χ1v) is 11.9. The lowest BCUT2D eigenvalue weighted by molar-refractivity contribution is 0.0325. The average molecular weight is 469 g/mol. The summed E-state index contributed by atoms with van der Waals surface area (Å²) in [5.74, 6) is 0.326. The molecule has 9 heteroatoms. The Bertz CT molecular complexity index is 1040. The number of hydrogen-bond donors (Lipinski definition) is 1. The van der Waals surface area contributed by atoms with E-state index in [0.29, 0.717) is 50.8 Å². The van der Waals surface area contributed by atoms with Crippen LogP contribution in [-0.4, -0.2) is 78.3 Å². The average Bonchev–Trinajstić information content (AvgIpc) is 2.86. The number of nitrogens with zero attached hydrogens (tertiary/aromatic N) is 3. The van der Waals surface area contributed by atoms with Crippen molar-refractivity contribution in [2.45, 2.75) is 32.1 Å². The van der Waals surface area contributed by atoms with E-state index >= 15 is 0 Å². The smallest absolute Gasteiger partial charge is 0.274 e. The predicted molar refractivity (Wildman–Crippen MR) is 126 cm³/mol. The minimum absolute atomic E-state index is 0.0841. The number of fused-ring (bicyclic) bond motifs is 1. The van der Waals surface area contributed by atoms with Gasteiger partial charge in [0.15, 0.2) is 0 Å². The third-order valence-corrected chi connectivity index (χ3v) is 6.82. The number of ether oxygens (including phenoxy) is 2. The number of hydrogen-bond acceptors (Lipinski definition) is 6. The van der Waals surface area contributed by atoms with Gasteiger partial charge in [-0.05, 0) is 43.9 Å². The first-order chi connectivity index (χ1) is 16.5. The molecule has 3 heterocycles. The van der Waals surface area contributed by atoms with Gasteiger partial charge < -0.3 is 19.3 Å². The van der Waals surface area contributed by atoms with E-state index in [2.05, 4.69) is 10.2 Å². The maximum atomic E-state index is 13.0. The molecule has 1 aromatic carbocycles. The molecule has 0 unspecified atom stereocenters. The molecule has 1 spiro atoms. The molecule has 1 N–H and O–H groups in total. The number of rotatable bonds is 1. The van der Waals surface area contributed by atoms with Crippen molar-refractivity contribution in [3.8, 4) is 5.75 Å². The van der Waals surface area contributed by atoms with Gasteiger partial charge in [0.05, 0.1) is 18.8 Å². The second-order valence-electron chi connectivity index (χ2n) is 9.18. The van der Waals surface area contributed by atoms with Crippen molar-refractivity contribution in [1.29, 1.82) is 0 Å². The lowest BCUT2D eigenvalue weighted by Gasteiger charge is -2.42. The van der Waals surface area contributed by atoms with Crippen molar-refractivity contribution in [1.82, 2.24) is 20.0 Å². The van der Waals surface area contributed by atoms with E-state index in [1.54, 1.807) is 22.9 Å². The van der Waals surface area contributed by atoms with Gasteiger partial charge >= 0.3 is 0 Å². The van der Waals surface area contributed by atoms with Crippen LogP contribution in [0.2, 0.25) is 0 Å². The SMILES string of the molecule is CN1CCOCCCCC2(CCN(C(=O)c3ccc(=O)[nH]n3)CC2)COc2ccccc2C1=O. The molecule has 0 radical (unpaired) electrons.